The summed E-state index contributed by atoms with van der Waals surface area (Å²) in [4.78, 5) is 36.1. The van der Waals surface area contributed by atoms with Gasteiger partial charge in [-0.1, -0.05) is 30.3 Å². The topological polar surface area (TPSA) is 105 Å². The molecule has 25 heavy (non-hydrogen) atoms. The number of nitrogens with zero attached hydrogens (tertiary/aromatic N) is 1. The summed E-state index contributed by atoms with van der Waals surface area (Å²) in [7, 11) is 2.98. The summed E-state index contributed by atoms with van der Waals surface area (Å²) in [6.07, 6.45) is -1.90. The first-order valence-corrected chi connectivity index (χ1v) is 7.88. The molecule has 0 heterocycles. The van der Waals surface area contributed by atoms with Gasteiger partial charge in [-0.25, -0.2) is 9.59 Å². The van der Waals surface area contributed by atoms with E-state index in [0.717, 1.165) is 5.56 Å². The molecule has 1 unspecified atom stereocenters. The molecule has 0 saturated heterocycles. The van der Waals surface area contributed by atoms with E-state index in [4.69, 9.17) is 9.47 Å². The maximum atomic E-state index is 12.0. The second kappa shape index (κ2) is 11.0. The summed E-state index contributed by atoms with van der Waals surface area (Å²) in [5.41, 5.74) is 0.753. The van der Waals surface area contributed by atoms with E-state index in [1.54, 1.807) is 24.3 Å². The number of rotatable bonds is 10. The van der Waals surface area contributed by atoms with E-state index in [1.807, 2.05) is 6.07 Å². The molecule has 2 amide bonds. The van der Waals surface area contributed by atoms with Crippen molar-refractivity contribution in [2.75, 3.05) is 33.9 Å². The predicted octanol–water partition coefficient (Wildman–Crippen LogP) is 0.903. The third-order valence-corrected chi connectivity index (χ3v) is 3.40. The minimum atomic E-state index is -1.28. The number of benzene rings is 1. The van der Waals surface area contributed by atoms with Gasteiger partial charge < -0.3 is 24.8 Å². The van der Waals surface area contributed by atoms with Crippen molar-refractivity contribution in [3.63, 3.8) is 0 Å². The molecule has 0 spiro atoms. The Labute approximate surface area is 146 Å². The molecule has 2 N–H and O–H groups in total. The number of carboxylic acid groups (broad SMARTS) is 1. The fraction of sp³-hybridized carbons (Fsp3) is 0.471. The van der Waals surface area contributed by atoms with Gasteiger partial charge in [-0.15, -0.1) is 0 Å². The van der Waals surface area contributed by atoms with Crippen LogP contribution in [-0.4, -0.2) is 67.9 Å². The van der Waals surface area contributed by atoms with Crippen molar-refractivity contribution in [1.29, 1.82) is 0 Å². The van der Waals surface area contributed by atoms with E-state index >= 15 is 0 Å². The SMILES string of the molecule is COCCNC(=O)CCN(C)C(=O)OC(Cc1ccccc1)C(=O)O. The molecule has 1 rings (SSSR count). The number of carbonyl (C=O) groups is 3. The lowest BCUT2D eigenvalue weighted by Crippen LogP contribution is -2.38. The Morgan fingerprint density at radius 1 is 1.24 bits per heavy atom. The maximum Gasteiger partial charge on any atom is 0.410 e. The summed E-state index contributed by atoms with van der Waals surface area (Å²) in [5.74, 6) is -1.45. The molecule has 1 aromatic rings. The van der Waals surface area contributed by atoms with Crippen LogP contribution in [0.3, 0.4) is 0 Å². The molecule has 138 valence electrons. The van der Waals surface area contributed by atoms with Crippen molar-refractivity contribution in [2.24, 2.45) is 0 Å². The van der Waals surface area contributed by atoms with Crippen LogP contribution in [-0.2, 0) is 25.5 Å². The van der Waals surface area contributed by atoms with Crippen molar-refractivity contribution in [2.45, 2.75) is 18.9 Å². The molecule has 0 fully saturated rings. The zero-order valence-electron chi connectivity index (χ0n) is 14.4. The lowest BCUT2D eigenvalue weighted by atomic mass is 10.1. The number of amides is 2. The molecule has 0 aliphatic rings. The quantitative estimate of drug-likeness (QED) is 0.606. The van der Waals surface area contributed by atoms with Gasteiger partial charge in [-0.2, -0.15) is 0 Å². The van der Waals surface area contributed by atoms with Crippen LogP contribution in [0.15, 0.2) is 30.3 Å². The van der Waals surface area contributed by atoms with Gasteiger partial charge in [0.2, 0.25) is 12.0 Å². The fourth-order valence-electron chi connectivity index (χ4n) is 1.96. The Hall–Kier alpha value is -2.61. The summed E-state index contributed by atoms with van der Waals surface area (Å²) >= 11 is 0. The maximum absolute atomic E-state index is 12.0. The van der Waals surface area contributed by atoms with E-state index in [-0.39, 0.29) is 25.3 Å². The minimum Gasteiger partial charge on any atom is -0.478 e. The normalized spacial score (nSPS) is 11.4. The monoisotopic (exact) mass is 352 g/mol. The summed E-state index contributed by atoms with van der Waals surface area (Å²) in [6, 6.07) is 8.90. The first-order chi connectivity index (χ1) is 11.9. The Balaban J connectivity index is 2.45. The van der Waals surface area contributed by atoms with Gasteiger partial charge in [0.25, 0.3) is 0 Å². The van der Waals surface area contributed by atoms with Crippen molar-refractivity contribution in [1.82, 2.24) is 10.2 Å². The second-order valence-electron chi connectivity index (χ2n) is 5.41. The summed E-state index contributed by atoms with van der Waals surface area (Å²) in [5, 5.41) is 11.9. The number of nitrogens with one attached hydrogen (secondary N) is 1. The molecule has 0 radical (unpaired) electrons. The van der Waals surface area contributed by atoms with E-state index < -0.39 is 18.2 Å². The number of hydrogen-bond acceptors (Lipinski definition) is 5. The zero-order valence-corrected chi connectivity index (χ0v) is 14.4. The van der Waals surface area contributed by atoms with Gasteiger partial charge in [0.1, 0.15) is 0 Å². The largest absolute Gasteiger partial charge is 0.478 e. The third kappa shape index (κ3) is 8.16. The van der Waals surface area contributed by atoms with E-state index in [0.29, 0.717) is 13.2 Å². The molecule has 8 nitrogen and oxygen atoms in total. The summed E-state index contributed by atoms with van der Waals surface area (Å²) in [6.45, 7) is 0.917. The highest BCUT2D eigenvalue weighted by Crippen LogP contribution is 2.08. The number of hydrogen-bond donors (Lipinski definition) is 2. The Bertz CT molecular complexity index is 564. The average molecular weight is 352 g/mol. The fourth-order valence-corrected chi connectivity index (χ4v) is 1.96. The highest BCUT2D eigenvalue weighted by atomic mass is 16.6. The molecule has 1 atom stereocenters. The molecular formula is C17H24N2O6. The summed E-state index contributed by atoms with van der Waals surface area (Å²) < 4.78 is 9.86. The molecular weight excluding hydrogens is 328 g/mol. The van der Waals surface area contributed by atoms with Crippen LogP contribution in [0.2, 0.25) is 0 Å². The van der Waals surface area contributed by atoms with Crippen LogP contribution in [0.25, 0.3) is 0 Å². The molecule has 0 aromatic heterocycles. The third-order valence-electron chi connectivity index (χ3n) is 3.40. The number of methoxy groups -OCH3 is 1. The van der Waals surface area contributed by atoms with Crippen LogP contribution >= 0.6 is 0 Å². The van der Waals surface area contributed by atoms with Crippen LogP contribution < -0.4 is 5.32 Å². The Morgan fingerprint density at radius 2 is 1.92 bits per heavy atom. The number of ether oxygens (including phenoxy) is 2. The highest BCUT2D eigenvalue weighted by Gasteiger charge is 2.24. The van der Waals surface area contributed by atoms with E-state index in [9.17, 15) is 19.5 Å². The smallest absolute Gasteiger partial charge is 0.410 e. The van der Waals surface area contributed by atoms with E-state index in [2.05, 4.69) is 5.32 Å². The Morgan fingerprint density at radius 3 is 2.52 bits per heavy atom. The van der Waals surface area contributed by atoms with Crippen LogP contribution in [0.1, 0.15) is 12.0 Å². The van der Waals surface area contributed by atoms with Crippen molar-refractivity contribution < 1.29 is 29.0 Å². The van der Waals surface area contributed by atoms with Gasteiger partial charge in [-0.05, 0) is 5.56 Å². The van der Waals surface area contributed by atoms with Gasteiger partial charge >= 0.3 is 12.1 Å². The van der Waals surface area contributed by atoms with Crippen molar-refractivity contribution >= 4 is 18.0 Å². The molecule has 0 bridgehead atoms. The number of carbonyl (C=O) groups excluding carboxylic acids is 2. The zero-order chi connectivity index (χ0) is 18.7. The van der Waals surface area contributed by atoms with Crippen LogP contribution in [0.4, 0.5) is 4.79 Å². The van der Waals surface area contributed by atoms with Crippen molar-refractivity contribution in [3.05, 3.63) is 35.9 Å². The molecule has 0 aliphatic carbocycles. The lowest BCUT2D eigenvalue weighted by molar-refractivity contribution is -0.147. The Kier molecular flexibility index (Phi) is 9.02. The van der Waals surface area contributed by atoms with Gasteiger partial charge in [0, 0.05) is 40.1 Å². The van der Waals surface area contributed by atoms with Crippen LogP contribution in [0, 0.1) is 0 Å². The van der Waals surface area contributed by atoms with Gasteiger partial charge in [0.05, 0.1) is 6.61 Å². The predicted molar refractivity (Wildman–Crippen MR) is 90.2 cm³/mol. The highest BCUT2D eigenvalue weighted by molar-refractivity contribution is 5.79. The first-order valence-electron chi connectivity index (χ1n) is 7.88. The number of aliphatic carboxylic acids is 1. The van der Waals surface area contributed by atoms with E-state index in [1.165, 1.54) is 19.1 Å². The lowest BCUT2D eigenvalue weighted by Gasteiger charge is -2.20. The minimum absolute atomic E-state index is 0.0766. The van der Waals surface area contributed by atoms with Crippen LogP contribution in [0.5, 0.6) is 0 Å². The van der Waals surface area contributed by atoms with Gasteiger partial charge in [-0.3, -0.25) is 4.79 Å². The van der Waals surface area contributed by atoms with Gasteiger partial charge in [0.15, 0.2) is 0 Å². The molecule has 0 saturated carbocycles. The average Bonchev–Trinajstić information content (AvgIpc) is 2.60. The first kappa shape index (κ1) is 20.4. The molecule has 8 heteroatoms. The molecule has 0 aliphatic heterocycles. The standard InChI is InChI=1S/C17H24N2O6/c1-19(10-8-15(20)18-9-11-24-2)17(23)25-14(16(21)22)12-13-6-4-3-5-7-13/h3-7,14H,8-12H2,1-2H3,(H,18,20)(H,21,22). The number of carboxylic acids is 1. The second-order valence-corrected chi connectivity index (χ2v) is 5.41. The molecule has 1 aromatic carbocycles. The van der Waals surface area contributed by atoms with Crippen molar-refractivity contribution in [3.8, 4) is 0 Å².